The smallest absolute Gasteiger partial charge is 0.191 e. The molecular formula is C17H22FN3OS. The Morgan fingerprint density at radius 1 is 1.26 bits per heavy atom. The van der Waals surface area contributed by atoms with Gasteiger partial charge in [0.05, 0.1) is 12.2 Å². The summed E-state index contributed by atoms with van der Waals surface area (Å²) in [4.78, 5) is 0. The first-order chi connectivity index (χ1) is 11.3. The molecule has 23 heavy (non-hydrogen) atoms. The maximum absolute atomic E-state index is 14.1. The second-order valence-electron chi connectivity index (χ2n) is 5.70. The molecular weight excluding hydrogens is 313 g/mol. The van der Waals surface area contributed by atoms with Crippen LogP contribution < -0.4 is 0 Å². The number of halogens is 1. The molecule has 0 amide bonds. The number of unbranched alkanes of at least 4 members (excludes halogenated alkanes) is 1. The van der Waals surface area contributed by atoms with E-state index in [-0.39, 0.29) is 5.82 Å². The summed E-state index contributed by atoms with van der Waals surface area (Å²) in [5.74, 6) is 1.23. The van der Waals surface area contributed by atoms with Crippen LogP contribution in [-0.4, -0.2) is 33.7 Å². The van der Waals surface area contributed by atoms with Gasteiger partial charge in [-0.25, -0.2) is 4.39 Å². The number of hydrogen-bond acceptors (Lipinski definition) is 4. The topological polar surface area (TPSA) is 39.9 Å². The number of rotatable bonds is 9. The van der Waals surface area contributed by atoms with Crippen LogP contribution in [0.3, 0.4) is 0 Å². The van der Waals surface area contributed by atoms with Crippen molar-refractivity contribution in [3.05, 3.63) is 30.1 Å². The normalized spacial score (nSPS) is 14.3. The molecule has 124 valence electrons. The van der Waals surface area contributed by atoms with E-state index in [0.29, 0.717) is 24.0 Å². The minimum atomic E-state index is -0.249. The van der Waals surface area contributed by atoms with Gasteiger partial charge in [0, 0.05) is 18.4 Å². The van der Waals surface area contributed by atoms with Gasteiger partial charge in [-0.3, -0.25) is 4.57 Å². The summed E-state index contributed by atoms with van der Waals surface area (Å²) in [7, 11) is 0. The summed E-state index contributed by atoms with van der Waals surface area (Å²) in [5.41, 5.74) is 0.526. The molecule has 1 fully saturated rings. The molecule has 0 N–H and O–H groups in total. The third-order valence-electron chi connectivity index (χ3n) is 3.79. The van der Waals surface area contributed by atoms with E-state index >= 15 is 0 Å². The van der Waals surface area contributed by atoms with Gasteiger partial charge < -0.3 is 4.74 Å². The molecule has 0 unspecified atom stereocenters. The Bertz CT molecular complexity index is 643. The van der Waals surface area contributed by atoms with E-state index in [2.05, 4.69) is 21.7 Å². The van der Waals surface area contributed by atoms with Crippen molar-refractivity contribution >= 4 is 11.8 Å². The van der Waals surface area contributed by atoms with Gasteiger partial charge in [-0.2, -0.15) is 0 Å². The van der Waals surface area contributed by atoms with Crippen LogP contribution in [0.25, 0.3) is 11.4 Å². The van der Waals surface area contributed by atoms with Crippen molar-refractivity contribution in [3.63, 3.8) is 0 Å². The van der Waals surface area contributed by atoms with Crippen molar-refractivity contribution in [1.29, 1.82) is 0 Å². The van der Waals surface area contributed by atoms with Crippen LogP contribution in [0.4, 0.5) is 4.39 Å². The monoisotopic (exact) mass is 335 g/mol. The Labute approximate surface area is 140 Å². The predicted octanol–water partition coefficient (Wildman–Crippen LogP) is 4.33. The zero-order chi connectivity index (χ0) is 16.1. The molecule has 6 heteroatoms. The summed E-state index contributed by atoms with van der Waals surface area (Å²) in [6, 6.07) is 7.16. The van der Waals surface area contributed by atoms with Crippen LogP contribution in [0.15, 0.2) is 29.4 Å². The number of benzene rings is 1. The van der Waals surface area contributed by atoms with Crippen LogP contribution in [0.1, 0.15) is 38.6 Å². The SMILES string of the molecule is CCCCOCCSc1nnc(-c2ccccc2F)n1C1CC1. The van der Waals surface area contributed by atoms with E-state index in [9.17, 15) is 4.39 Å². The lowest BCUT2D eigenvalue weighted by Gasteiger charge is -2.09. The standard InChI is InChI=1S/C17H22FN3OS/c1-2-3-10-22-11-12-23-17-20-19-16(21(17)13-8-9-13)14-6-4-5-7-15(14)18/h4-7,13H,2-3,8-12H2,1H3. The number of aromatic nitrogens is 3. The minimum absolute atomic E-state index is 0.249. The first-order valence-electron chi connectivity index (χ1n) is 8.21. The maximum Gasteiger partial charge on any atom is 0.191 e. The van der Waals surface area contributed by atoms with Crippen molar-refractivity contribution in [2.24, 2.45) is 0 Å². The molecule has 0 bridgehead atoms. The summed E-state index contributed by atoms with van der Waals surface area (Å²) < 4.78 is 21.7. The zero-order valence-electron chi connectivity index (χ0n) is 13.4. The molecule has 2 aromatic rings. The van der Waals surface area contributed by atoms with Crippen LogP contribution in [-0.2, 0) is 4.74 Å². The lowest BCUT2D eigenvalue weighted by atomic mass is 10.2. The Balaban J connectivity index is 1.69. The fourth-order valence-corrected chi connectivity index (χ4v) is 3.26. The molecule has 0 spiro atoms. The summed E-state index contributed by atoms with van der Waals surface area (Å²) in [6.45, 7) is 3.67. The zero-order valence-corrected chi connectivity index (χ0v) is 14.2. The Morgan fingerprint density at radius 3 is 2.83 bits per heavy atom. The highest BCUT2D eigenvalue weighted by Crippen LogP contribution is 2.41. The average molecular weight is 335 g/mol. The van der Waals surface area contributed by atoms with Crippen LogP contribution >= 0.6 is 11.8 Å². The van der Waals surface area contributed by atoms with Gasteiger partial charge in [-0.05, 0) is 31.4 Å². The lowest BCUT2D eigenvalue weighted by molar-refractivity contribution is 0.147. The maximum atomic E-state index is 14.1. The molecule has 0 aliphatic heterocycles. The molecule has 0 atom stereocenters. The molecule has 1 aliphatic rings. The number of ether oxygens (including phenoxy) is 1. The molecule has 1 aliphatic carbocycles. The molecule has 0 radical (unpaired) electrons. The van der Waals surface area contributed by atoms with E-state index in [1.165, 1.54) is 6.07 Å². The second kappa shape index (κ2) is 7.93. The fourth-order valence-electron chi connectivity index (χ4n) is 2.40. The van der Waals surface area contributed by atoms with E-state index in [1.54, 1.807) is 23.9 Å². The molecule has 1 saturated carbocycles. The van der Waals surface area contributed by atoms with Crippen molar-refractivity contribution in [1.82, 2.24) is 14.8 Å². The quantitative estimate of drug-likeness (QED) is 0.505. The largest absolute Gasteiger partial charge is 0.381 e. The van der Waals surface area contributed by atoms with E-state index in [0.717, 1.165) is 43.2 Å². The van der Waals surface area contributed by atoms with Crippen molar-refractivity contribution in [2.45, 2.75) is 43.8 Å². The van der Waals surface area contributed by atoms with Crippen molar-refractivity contribution < 1.29 is 9.13 Å². The highest BCUT2D eigenvalue weighted by Gasteiger charge is 2.30. The molecule has 1 aromatic carbocycles. The van der Waals surface area contributed by atoms with Crippen molar-refractivity contribution in [3.8, 4) is 11.4 Å². The van der Waals surface area contributed by atoms with Gasteiger partial charge in [-0.15, -0.1) is 10.2 Å². The number of thioether (sulfide) groups is 1. The average Bonchev–Trinajstić information content (AvgIpc) is 3.32. The van der Waals surface area contributed by atoms with E-state index in [1.807, 2.05) is 6.07 Å². The van der Waals surface area contributed by atoms with Gasteiger partial charge in [0.2, 0.25) is 0 Å². The Morgan fingerprint density at radius 2 is 2.09 bits per heavy atom. The first kappa shape index (κ1) is 16.5. The molecule has 1 aromatic heterocycles. The van der Waals surface area contributed by atoms with Crippen molar-refractivity contribution in [2.75, 3.05) is 19.0 Å². The van der Waals surface area contributed by atoms with Crippen LogP contribution in [0, 0.1) is 5.82 Å². The van der Waals surface area contributed by atoms with Gasteiger partial charge in [0.25, 0.3) is 0 Å². The van der Waals surface area contributed by atoms with E-state index < -0.39 is 0 Å². The highest BCUT2D eigenvalue weighted by molar-refractivity contribution is 7.99. The van der Waals surface area contributed by atoms with E-state index in [4.69, 9.17) is 4.74 Å². The summed E-state index contributed by atoms with van der Waals surface area (Å²) in [6.07, 6.45) is 4.47. The first-order valence-corrected chi connectivity index (χ1v) is 9.20. The predicted molar refractivity (Wildman–Crippen MR) is 90.1 cm³/mol. The molecule has 4 nitrogen and oxygen atoms in total. The second-order valence-corrected chi connectivity index (χ2v) is 6.76. The Hall–Kier alpha value is -1.40. The van der Waals surface area contributed by atoms with Gasteiger partial charge in [0.1, 0.15) is 5.82 Å². The van der Waals surface area contributed by atoms with Crippen LogP contribution in [0.2, 0.25) is 0 Å². The summed E-state index contributed by atoms with van der Waals surface area (Å²) in [5, 5.41) is 9.40. The number of nitrogens with zero attached hydrogens (tertiary/aromatic N) is 3. The molecule has 1 heterocycles. The molecule has 3 rings (SSSR count). The summed E-state index contributed by atoms with van der Waals surface area (Å²) >= 11 is 1.64. The fraction of sp³-hybridized carbons (Fsp3) is 0.529. The third kappa shape index (κ3) is 4.12. The Kier molecular flexibility index (Phi) is 5.67. The minimum Gasteiger partial charge on any atom is -0.381 e. The highest BCUT2D eigenvalue weighted by atomic mass is 32.2. The third-order valence-corrected chi connectivity index (χ3v) is 4.70. The molecule has 0 saturated heterocycles. The van der Waals surface area contributed by atoms with Gasteiger partial charge >= 0.3 is 0 Å². The lowest BCUT2D eigenvalue weighted by Crippen LogP contribution is -2.03. The van der Waals surface area contributed by atoms with Gasteiger partial charge in [0.15, 0.2) is 11.0 Å². The van der Waals surface area contributed by atoms with Gasteiger partial charge in [-0.1, -0.05) is 37.2 Å². The van der Waals surface area contributed by atoms with Crippen LogP contribution in [0.5, 0.6) is 0 Å². The number of hydrogen-bond donors (Lipinski definition) is 0.